The fourth-order valence-corrected chi connectivity index (χ4v) is 4.33. The Labute approximate surface area is 173 Å². The van der Waals surface area contributed by atoms with E-state index in [1.807, 2.05) is 18.2 Å². The molecule has 0 bridgehead atoms. The maximum atomic E-state index is 12.6. The number of anilines is 2. The van der Waals surface area contributed by atoms with Gasteiger partial charge in [-0.25, -0.2) is 0 Å². The molecule has 0 saturated carbocycles. The van der Waals surface area contributed by atoms with Gasteiger partial charge in [-0.3, -0.25) is 9.59 Å². The molecule has 1 aliphatic rings. The van der Waals surface area contributed by atoms with Crippen LogP contribution in [0.2, 0.25) is 0 Å². The standard InChI is InChI=1S/C23H20N2O3S/c1-28-19-12-10-18(11-13-19)24-22(26)15-6-8-17(9-7-15)25-23(27)21-14-16-4-2-3-5-20(16)29-21/h2-13,21H,14H2,1H3,(H,24,26)(H,25,27). The first-order valence-corrected chi connectivity index (χ1v) is 10.1. The molecule has 1 unspecified atom stereocenters. The highest BCUT2D eigenvalue weighted by Crippen LogP contribution is 2.37. The molecule has 3 aromatic carbocycles. The van der Waals surface area contributed by atoms with Gasteiger partial charge in [-0.1, -0.05) is 18.2 Å². The Morgan fingerprint density at radius 3 is 2.24 bits per heavy atom. The van der Waals surface area contributed by atoms with E-state index < -0.39 is 0 Å². The third-order valence-corrected chi connectivity index (χ3v) is 6.02. The van der Waals surface area contributed by atoms with Crippen LogP contribution in [-0.2, 0) is 11.2 Å². The van der Waals surface area contributed by atoms with Crippen molar-refractivity contribution < 1.29 is 14.3 Å². The number of carbonyl (C=O) groups is 2. The van der Waals surface area contributed by atoms with E-state index >= 15 is 0 Å². The Morgan fingerprint density at radius 1 is 0.897 bits per heavy atom. The smallest absolute Gasteiger partial charge is 0.255 e. The quantitative estimate of drug-likeness (QED) is 0.652. The molecule has 0 aromatic heterocycles. The number of nitrogens with one attached hydrogen (secondary N) is 2. The third kappa shape index (κ3) is 4.43. The number of methoxy groups -OCH3 is 1. The second-order valence-corrected chi connectivity index (χ2v) is 7.91. The lowest BCUT2D eigenvalue weighted by Crippen LogP contribution is -2.24. The van der Waals surface area contributed by atoms with Crippen LogP contribution in [0.25, 0.3) is 0 Å². The van der Waals surface area contributed by atoms with E-state index in [2.05, 4.69) is 16.7 Å². The van der Waals surface area contributed by atoms with Crippen LogP contribution in [0.1, 0.15) is 15.9 Å². The molecule has 1 aliphatic heterocycles. The Bertz CT molecular complexity index is 1010. The highest BCUT2D eigenvalue weighted by molar-refractivity contribution is 8.01. The maximum Gasteiger partial charge on any atom is 0.255 e. The van der Waals surface area contributed by atoms with Crippen LogP contribution in [-0.4, -0.2) is 24.2 Å². The number of ether oxygens (including phenoxy) is 1. The van der Waals surface area contributed by atoms with Gasteiger partial charge in [0, 0.05) is 21.8 Å². The number of fused-ring (bicyclic) bond motifs is 1. The highest BCUT2D eigenvalue weighted by Gasteiger charge is 2.27. The average Bonchev–Trinajstić information content (AvgIpc) is 3.19. The zero-order valence-electron chi connectivity index (χ0n) is 15.8. The topological polar surface area (TPSA) is 67.4 Å². The molecule has 0 spiro atoms. The van der Waals surface area contributed by atoms with Crippen molar-refractivity contribution in [3.05, 3.63) is 83.9 Å². The number of hydrogen-bond acceptors (Lipinski definition) is 4. The lowest BCUT2D eigenvalue weighted by atomic mass is 10.1. The molecule has 0 aliphatic carbocycles. The zero-order valence-corrected chi connectivity index (χ0v) is 16.7. The molecule has 146 valence electrons. The maximum absolute atomic E-state index is 12.6. The van der Waals surface area contributed by atoms with Crippen LogP contribution in [0, 0.1) is 0 Å². The molecule has 1 heterocycles. The molecule has 4 rings (SSSR count). The summed E-state index contributed by atoms with van der Waals surface area (Å²) in [6, 6.07) is 22.1. The van der Waals surface area contributed by atoms with E-state index in [0.29, 0.717) is 16.9 Å². The number of amides is 2. The van der Waals surface area contributed by atoms with Crippen molar-refractivity contribution in [2.45, 2.75) is 16.6 Å². The lowest BCUT2D eigenvalue weighted by Gasteiger charge is -2.11. The van der Waals surface area contributed by atoms with Gasteiger partial charge in [0.05, 0.1) is 12.4 Å². The first-order valence-electron chi connectivity index (χ1n) is 9.23. The van der Waals surface area contributed by atoms with Crippen molar-refractivity contribution in [2.75, 3.05) is 17.7 Å². The van der Waals surface area contributed by atoms with Gasteiger partial charge < -0.3 is 15.4 Å². The molecule has 3 aromatic rings. The summed E-state index contributed by atoms with van der Waals surface area (Å²) >= 11 is 1.59. The van der Waals surface area contributed by atoms with E-state index in [4.69, 9.17) is 4.74 Å². The lowest BCUT2D eigenvalue weighted by molar-refractivity contribution is -0.115. The van der Waals surface area contributed by atoms with Gasteiger partial charge in [-0.05, 0) is 66.6 Å². The Morgan fingerprint density at radius 2 is 1.55 bits per heavy atom. The monoisotopic (exact) mass is 404 g/mol. The van der Waals surface area contributed by atoms with Crippen LogP contribution in [0.5, 0.6) is 5.75 Å². The van der Waals surface area contributed by atoms with Gasteiger partial charge in [-0.15, -0.1) is 11.8 Å². The Kier molecular flexibility index (Phi) is 5.53. The Balaban J connectivity index is 1.35. The molecule has 0 fully saturated rings. The fourth-order valence-electron chi connectivity index (χ4n) is 3.13. The largest absolute Gasteiger partial charge is 0.497 e. The summed E-state index contributed by atoms with van der Waals surface area (Å²) < 4.78 is 5.11. The molecule has 0 saturated heterocycles. The average molecular weight is 404 g/mol. The van der Waals surface area contributed by atoms with E-state index in [1.54, 1.807) is 67.4 Å². The molecular weight excluding hydrogens is 384 g/mol. The van der Waals surface area contributed by atoms with Gasteiger partial charge in [-0.2, -0.15) is 0 Å². The predicted octanol–water partition coefficient (Wildman–Crippen LogP) is 4.60. The summed E-state index contributed by atoms with van der Waals surface area (Å²) in [5.74, 6) is 0.489. The third-order valence-electron chi connectivity index (χ3n) is 4.70. The first kappa shape index (κ1) is 19.1. The molecule has 29 heavy (non-hydrogen) atoms. The van der Waals surface area contributed by atoms with E-state index in [9.17, 15) is 9.59 Å². The number of hydrogen-bond donors (Lipinski definition) is 2. The van der Waals surface area contributed by atoms with Crippen LogP contribution in [0.15, 0.2) is 77.7 Å². The highest BCUT2D eigenvalue weighted by atomic mass is 32.2. The van der Waals surface area contributed by atoms with Crippen LogP contribution in [0.3, 0.4) is 0 Å². The van der Waals surface area contributed by atoms with Crippen LogP contribution < -0.4 is 15.4 Å². The SMILES string of the molecule is COc1ccc(NC(=O)c2ccc(NC(=O)C3Cc4ccccc4S3)cc2)cc1. The van der Waals surface area contributed by atoms with Gasteiger partial charge in [0.2, 0.25) is 5.91 Å². The summed E-state index contributed by atoms with van der Waals surface area (Å²) in [5.41, 5.74) is 3.09. The van der Waals surface area contributed by atoms with Gasteiger partial charge in [0.1, 0.15) is 5.75 Å². The second-order valence-electron chi connectivity index (χ2n) is 6.67. The molecule has 0 radical (unpaired) electrons. The number of thioether (sulfide) groups is 1. The van der Waals surface area contributed by atoms with Crippen molar-refractivity contribution in [1.29, 1.82) is 0 Å². The van der Waals surface area contributed by atoms with E-state index in [-0.39, 0.29) is 17.1 Å². The summed E-state index contributed by atoms with van der Waals surface area (Å²) in [7, 11) is 1.60. The van der Waals surface area contributed by atoms with E-state index in [0.717, 1.165) is 12.2 Å². The fraction of sp³-hybridized carbons (Fsp3) is 0.130. The van der Waals surface area contributed by atoms with Crippen LogP contribution >= 0.6 is 11.8 Å². The number of rotatable bonds is 5. The number of carbonyl (C=O) groups excluding carboxylic acids is 2. The van der Waals surface area contributed by atoms with Gasteiger partial charge in [0.15, 0.2) is 0 Å². The molecule has 6 heteroatoms. The normalized spacial score (nSPS) is 14.7. The molecule has 1 atom stereocenters. The van der Waals surface area contributed by atoms with Crippen molar-refractivity contribution in [2.24, 2.45) is 0 Å². The first-order chi connectivity index (χ1) is 14.1. The summed E-state index contributed by atoms with van der Waals surface area (Å²) in [6.45, 7) is 0. The summed E-state index contributed by atoms with van der Waals surface area (Å²) in [5, 5.41) is 5.65. The summed E-state index contributed by atoms with van der Waals surface area (Å²) in [4.78, 5) is 26.1. The van der Waals surface area contributed by atoms with E-state index in [1.165, 1.54) is 10.5 Å². The van der Waals surface area contributed by atoms with Crippen LogP contribution in [0.4, 0.5) is 11.4 Å². The van der Waals surface area contributed by atoms with Gasteiger partial charge in [0.25, 0.3) is 5.91 Å². The Hall–Kier alpha value is -3.25. The molecular formula is C23H20N2O3S. The van der Waals surface area contributed by atoms with Crippen molar-refractivity contribution in [3.63, 3.8) is 0 Å². The number of benzene rings is 3. The van der Waals surface area contributed by atoms with Crippen molar-refractivity contribution in [1.82, 2.24) is 0 Å². The minimum atomic E-state index is -0.213. The minimum Gasteiger partial charge on any atom is -0.497 e. The van der Waals surface area contributed by atoms with Crippen molar-refractivity contribution >= 4 is 35.0 Å². The molecule has 2 amide bonds. The van der Waals surface area contributed by atoms with Gasteiger partial charge >= 0.3 is 0 Å². The second kappa shape index (κ2) is 8.41. The molecule has 2 N–H and O–H groups in total. The van der Waals surface area contributed by atoms with Crippen molar-refractivity contribution in [3.8, 4) is 5.75 Å². The predicted molar refractivity (Wildman–Crippen MR) is 116 cm³/mol. The zero-order chi connectivity index (χ0) is 20.2. The molecule has 5 nitrogen and oxygen atoms in total. The minimum absolute atomic E-state index is 0.0263. The summed E-state index contributed by atoms with van der Waals surface area (Å²) in [6.07, 6.45) is 0.731.